The Bertz CT molecular complexity index is 912. The van der Waals surface area contributed by atoms with Crippen molar-refractivity contribution in [1.29, 1.82) is 0 Å². The highest BCUT2D eigenvalue weighted by atomic mass is 16.4. The molecule has 4 aliphatic carbocycles. The maximum atomic E-state index is 12.7. The highest BCUT2D eigenvalue weighted by molar-refractivity contribution is 5.92. The van der Waals surface area contributed by atoms with Crippen LogP contribution in [0.15, 0.2) is 11.6 Å². The predicted molar refractivity (Wildman–Crippen MR) is 113 cm³/mol. The van der Waals surface area contributed by atoms with Gasteiger partial charge in [-0.15, -0.1) is 0 Å². The molecule has 4 rings (SSSR count). The molecule has 0 aromatic heterocycles. The zero-order chi connectivity index (χ0) is 23.9. The first-order valence-corrected chi connectivity index (χ1v) is 11.5. The number of carboxylic acids is 2. The van der Waals surface area contributed by atoms with E-state index in [0.29, 0.717) is 18.4 Å². The Hall–Kier alpha value is -1.77. The Kier molecular flexibility index (Phi) is 5.02. The lowest BCUT2D eigenvalue weighted by Gasteiger charge is -2.68. The number of aliphatic carboxylic acids is 2. The molecule has 0 spiro atoms. The van der Waals surface area contributed by atoms with E-state index in [-0.39, 0.29) is 44.3 Å². The molecule has 32 heavy (non-hydrogen) atoms. The van der Waals surface area contributed by atoms with Gasteiger partial charge in [0.15, 0.2) is 5.78 Å². The van der Waals surface area contributed by atoms with Gasteiger partial charge in [0, 0.05) is 29.6 Å². The van der Waals surface area contributed by atoms with Crippen molar-refractivity contribution in [3.05, 3.63) is 11.6 Å². The van der Waals surface area contributed by atoms with Crippen molar-refractivity contribution in [3.63, 3.8) is 0 Å². The van der Waals surface area contributed by atoms with Crippen LogP contribution in [0.2, 0.25) is 0 Å². The number of fused-ring (bicyclic) bond motifs is 5. The molecular weight excluding hydrogens is 416 g/mol. The van der Waals surface area contributed by atoms with E-state index in [1.54, 1.807) is 13.8 Å². The van der Waals surface area contributed by atoms with E-state index < -0.39 is 57.3 Å². The van der Waals surface area contributed by atoms with Gasteiger partial charge < -0.3 is 25.5 Å². The van der Waals surface area contributed by atoms with Crippen molar-refractivity contribution < 1.29 is 39.9 Å². The number of aliphatic hydroxyl groups excluding tert-OH is 1. The van der Waals surface area contributed by atoms with Crippen LogP contribution in [-0.2, 0) is 14.4 Å². The van der Waals surface area contributed by atoms with Gasteiger partial charge >= 0.3 is 11.9 Å². The second kappa shape index (κ2) is 6.87. The summed E-state index contributed by atoms with van der Waals surface area (Å²) in [4.78, 5) is 36.1. The summed E-state index contributed by atoms with van der Waals surface area (Å²) in [5.74, 6) is -3.53. The number of ketones is 1. The van der Waals surface area contributed by atoms with Crippen molar-refractivity contribution in [2.24, 2.45) is 28.1 Å². The van der Waals surface area contributed by atoms with Gasteiger partial charge in [-0.25, -0.2) is 0 Å². The van der Waals surface area contributed by atoms with Crippen LogP contribution < -0.4 is 0 Å². The summed E-state index contributed by atoms with van der Waals surface area (Å²) in [6.45, 7) is 5.18. The third-order valence-electron chi connectivity index (χ3n) is 10.0. The average Bonchev–Trinajstić information content (AvgIpc) is 2.94. The fraction of sp³-hybridized carbons (Fsp3) is 0.792. The van der Waals surface area contributed by atoms with Gasteiger partial charge in [-0.2, -0.15) is 0 Å². The Labute approximate surface area is 187 Å². The lowest BCUT2D eigenvalue weighted by Crippen LogP contribution is -2.75. The van der Waals surface area contributed by atoms with Crippen LogP contribution >= 0.6 is 0 Å². The summed E-state index contributed by atoms with van der Waals surface area (Å²) in [6, 6.07) is 0. The lowest BCUT2D eigenvalue weighted by atomic mass is 9.38. The predicted octanol–water partition coefficient (Wildman–Crippen LogP) is 1.90. The molecule has 4 aliphatic rings. The van der Waals surface area contributed by atoms with E-state index in [0.717, 1.165) is 0 Å². The van der Waals surface area contributed by atoms with Crippen LogP contribution in [0.1, 0.15) is 72.1 Å². The molecule has 0 aliphatic heterocycles. The van der Waals surface area contributed by atoms with Gasteiger partial charge in [-0.3, -0.25) is 14.4 Å². The van der Waals surface area contributed by atoms with E-state index in [9.17, 15) is 39.9 Å². The molecule has 0 bridgehead atoms. The lowest BCUT2D eigenvalue weighted by molar-refractivity contribution is -0.286. The minimum absolute atomic E-state index is 0.00785. The summed E-state index contributed by atoms with van der Waals surface area (Å²) in [5.41, 5.74) is -5.95. The SMILES string of the molecule is CC1(C(=O)O)CC2=CC(=O)CC[C@]2(C)[C@@]2(O)C(O)C[C@@]3(C)[C@@H](CC[C@]3(O)CCC(=O)O)[C@H]12. The second-order valence-corrected chi connectivity index (χ2v) is 11.4. The van der Waals surface area contributed by atoms with Crippen molar-refractivity contribution in [2.45, 2.75) is 89.4 Å². The molecule has 2 unspecified atom stereocenters. The maximum absolute atomic E-state index is 12.7. The minimum Gasteiger partial charge on any atom is -0.481 e. The zero-order valence-electron chi connectivity index (χ0n) is 18.9. The summed E-state index contributed by atoms with van der Waals surface area (Å²) < 4.78 is 0. The third kappa shape index (κ3) is 2.69. The van der Waals surface area contributed by atoms with E-state index in [4.69, 9.17) is 0 Å². The molecule has 178 valence electrons. The molecule has 0 radical (unpaired) electrons. The van der Waals surface area contributed by atoms with Gasteiger partial charge in [0.25, 0.3) is 0 Å². The quantitative estimate of drug-likeness (QED) is 0.435. The van der Waals surface area contributed by atoms with Crippen molar-refractivity contribution >= 4 is 17.7 Å². The van der Waals surface area contributed by atoms with E-state index in [2.05, 4.69) is 0 Å². The van der Waals surface area contributed by atoms with Crippen LogP contribution in [0.4, 0.5) is 0 Å². The number of aliphatic hydroxyl groups is 3. The highest BCUT2D eigenvalue weighted by Crippen LogP contribution is 2.73. The number of hydrogen-bond acceptors (Lipinski definition) is 6. The molecule has 3 saturated carbocycles. The average molecular weight is 451 g/mol. The van der Waals surface area contributed by atoms with Gasteiger partial charge in [-0.05, 0) is 57.4 Å². The van der Waals surface area contributed by atoms with Gasteiger partial charge in [0.1, 0.15) is 5.60 Å². The third-order valence-corrected chi connectivity index (χ3v) is 10.0. The van der Waals surface area contributed by atoms with Crippen LogP contribution in [0.5, 0.6) is 0 Å². The molecule has 8 heteroatoms. The first kappa shape index (κ1) is 23.4. The molecule has 8 nitrogen and oxygen atoms in total. The van der Waals surface area contributed by atoms with E-state index in [1.165, 1.54) is 6.08 Å². The number of hydrogen-bond donors (Lipinski definition) is 5. The Morgan fingerprint density at radius 2 is 1.78 bits per heavy atom. The summed E-state index contributed by atoms with van der Waals surface area (Å²) in [5, 5.41) is 54.9. The first-order chi connectivity index (χ1) is 14.7. The number of rotatable bonds is 4. The number of carboxylic acid groups (broad SMARTS) is 2. The molecule has 0 saturated heterocycles. The highest BCUT2D eigenvalue weighted by Gasteiger charge is 2.77. The maximum Gasteiger partial charge on any atom is 0.310 e. The summed E-state index contributed by atoms with van der Waals surface area (Å²) in [7, 11) is 0. The van der Waals surface area contributed by atoms with Crippen molar-refractivity contribution in [2.75, 3.05) is 0 Å². The van der Waals surface area contributed by atoms with Crippen LogP contribution in [0.3, 0.4) is 0 Å². The Balaban J connectivity index is 1.89. The Morgan fingerprint density at radius 1 is 1.12 bits per heavy atom. The molecule has 0 heterocycles. The first-order valence-electron chi connectivity index (χ1n) is 11.5. The zero-order valence-corrected chi connectivity index (χ0v) is 18.9. The van der Waals surface area contributed by atoms with Gasteiger partial charge in [-0.1, -0.05) is 19.4 Å². The molecule has 0 aromatic rings. The summed E-state index contributed by atoms with van der Waals surface area (Å²) >= 11 is 0. The fourth-order valence-electron chi connectivity index (χ4n) is 8.03. The van der Waals surface area contributed by atoms with Crippen LogP contribution in [0.25, 0.3) is 0 Å². The Morgan fingerprint density at radius 3 is 2.38 bits per heavy atom. The number of carbonyl (C=O) groups is 3. The monoisotopic (exact) mass is 450 g/mol. The second-order valence-electron chi connectivity index (χ2n) is 11.4. The molecule has 0 aromatic carbocycles. The number of carbonyl (C=O) groups excluding carboxylic acids is 1. The molecule has 5 N–H and O–H groups in total. The summed E-state index contributed by atoms with van der Waals surface area (Å²) in [6.07, 6.45) is 1.29. The van der Waals surface area contributed by atoms with Crippen molar-refractivity contribution in [1.82, 2.24) is 0 Å². The van der Waals surface area contributed by atoms with Crippen LogP contribution in [-0.4, -0.2) is 60.6 Å². The largest absolute Gasteiger partial charge is 0.481 e. The van der Waals surface area contributed by atoms with E-state index in [1.807, 2.05) is 6.92 Å². The fourth-order valence-corrected chi connectivity index (χ4v) is 8.03. The minimum atomic E-state index is -1.78. The molecule has 3 fully saturated rings. The van der Waals surface area contributed by atoms with Gasteiger partial charge in [0.05, 0.1) is 17.1 Å². The topological polar surface area (TPSA) is 152 Å². The van der Waals surface area contributed by atoms with E-state index >= 15 is 0 Å². The standard InChI is InChI=1S/C24H34O8/c1-20(19(29)30)11-13-10-14(25)4-7-21(13,2)24(32)16(26)12-22(3)15(18(20)24)5-8-23(22,31)9-6-17(27)28/h10,15-16,18,26,31-32H,4-9,11-12H2,1-3H3,(H,27,28)(H,29,30)/t15-,16?,18+,20?,21-,22-,23-,24+/m0/s1. The molecule has 0 amide bonds. The van der Waals surface area contributed by atoms with Crippen LogP contribution in [0, 0.1) is 28.1 Å². The van der Waals surface area contributed by atoms with Gasteiger partial charge in [0.2, 0.25) is 0 Å². The normalized spacial score (nSPS) is 50.1. The van der Waals surface area contributed by atoms with Crippen molar-refractivity contribution in [3.8, 4) is 0 Å². The molecular formula is C24H34O8. The smallest absolute Gasteiger partial charge is 0.310 e. The molecule has 8 atom stereocenters.